The average molecular weight is 300 g/mol. The molecule has 0 unspecified atom stereocenters. The zero-order valence-corrected chi connectivity index (χ0v) is 12.7. The van der Waals surface area contributed by atoms with Gasteiger partial charge in [-0.2, -0.15) is 5.10 Å². The monoisotopic (exact) mass is 300 g/mol. The summed E-state index contributed by atoms with van der Waals surface area (Å²) in [6.45, 7) is 4.20. The van der Waals surface area contributed by atoms with Crippen LogP contribution in [0.5, 0.6) is 0 Å². The largest absolute Gasteiger partial charge is 0.455 e. The van der Waals surface area contributed by atoms with Crippen LogP contribution in [0.4, 0.5) is 0 Å². The first-order chi connectivity index (χ1) is 10.7. The van der Waals surface area contributed by atoms with Gasteiger partial charge in [0.1, 0.15) is 11.3 Å². The van der Waals surface area contributed by atoms with Gasteiger partial charge in [-0.25, -0.2) is 5.43 Å². The van der Waals surface area contributed by atoms with Gasteiger partial charge >= 0.3 is 0 Å². The predicted molar refractivity (Wildman–Crippen MR) is 85.9 cm³/mol. The fraction of sp³-hybridized carbons (Fsp3) is 0.375. The fourth-order valence-corrected chi connectivity index (χ4v) is 2.48. The molecule has 0 saturated carbocycles. The molecule has 0 spiro atoms. The number of hydrazone groups is 1. The van der Waals surface area contributed by atoms with Crippen molar-refractivity contribution in [3.63, 3.8) is 0 Å². The van der Waals surface area contributed by atoms with Gasteiger partial charge in [0.15, 0.2) is 0 Å². The number of nitrogens with zero attached hydrogens (tertiary/aromatic N) is 3. The lowest BCUT2D eigenvalue weighted by atomic mass is 10.2. The Labute approximate surface area is 129 Å². The summed E-state index contributed by atoms with van der Waals surface area (Å²) in [6.07, 6.45) is 1.53. The maximum atomic E-state index is 11.8. The van der Waals surface area contributed by atoms with E-state index >= 15 is 0 Å². The van der Waals surface area contributed by atoms with Crippen molar-refractivity contribution in [1.29, 1.82) is 0 Å². The van der Waals surface area contributed by atoms with E-state index in [9.17, 15) is 4.79 Å². The van der Waals surface area contributed by atoms with Crippen molar-refractivity contribution >= 4 is 23.1 Å². The van der Waals surface area contributed by atoms with Crippen LogP contribution < -0.4 is 5.43 Å². The van der Waals surface area contributed by atoms with Crippen LogP contribution in [0.3, 0.4) is 0 Å². The van der Waals surface area contributed by atoms with Crippen molar-refractivity contribution in [2.24, 2.45) is 5.10 Å². The van der Waals surface area contributed by atoms with E-state index < -0.39 is 0 Å². The lowest BCUT2D eigenvalue weighted by Gasteiger charge is -2.31. The number of carbonyl (C=O) groups excluding carboxylic acids is 1. The Hall–Kier alpha value is -2.18. The Morgan fingerprint density at radius 1 is 1.32 bits per heavy atom. The standard InChI is InChI=1S/C16H20N4O2/c1-19-6-8-20(9-7-19)12-16(21)18-17-11-14-10-13-4-2-3-5-15(13)22-14/h2-5,10-11H,6-9,12H2,1H3,(H,18,21)/b17-11+. The minimum atomic E-state index is -0.100. The first kappa shape index (κ1) is 14.7. The zero-order valence-electron chi connectivity index (χ0n) is 12.7. The summed E-state index contributed by atoms with van der Waals surface area (Å²) in [5.41, 5.74) is 3.36. The van der Waals surface area contributed by atoms with E-state index in [0.717, 1.165) is 37.1 Å². The van der Waals surface area contributed by atoms with Crippen molar-refractivity contribution < 1.29 is 9.21 Å². The number of rotatable bonds is 4. The SMILES string of the molecule is CN1CCN(CC(=O)N/N=C/c2cc3ccccc3o2)CC1. The third-order valence-electron chi connectivity index (χ3n) is 3.79. The number of furan rings is 1. The molecule has 1 aliphatic heterocycles. The van der Waals surface area contributed by atoms with E-state index in [1.165, 1.54) is 6.21 Å². The first-order valence-electron chi connectivity index (χ1n) is 7.42. The molecular formula is C16H20N4O2. The Morgan fingerprint density at radius 3 is 2.86 bits per heavy atom. The molecule has 1 fully saturated rings. The number of amides is 1. The molecule has 1 N–H and O–H groups in total. The topological polar surface area (TPSA) is 61.1 Å². The Bertz CT molecular complexity index is 639. The maximum absolute atomic E-state index is 11.8. The molecule has 2 aromatic rings. The molecular weight excluding hydrogens is 280 g/mol. The van der Waals surface area contributed by atoms with Crippen molar-refractivity contribution in [1.82, 2.24) is 15.2 Å². The van der Waals surface area contributed by atoms with Gasteiger partial charge in [-0.15, -0.1) is 0 Å². The highest BCUT2D eigenvalue weighted by Crippen LogP contribution is 2.17. The van der Waals surface area contributed by atoms with Gasteiger partial charge in [-0.1, -0.05) is 18.2 Å². The Kier molecular flexibility index (Phi) is 4.50. The minimum absolute atomic E-state index is 0.100. The summed E-state index contributed by atoms with van der Waals surface area (Å²) in [7, 11) is 2.09. The van der Waals surface area contributed by atoms with Gasteiger partial charge in [0.05, 0.1) is 12.8 Å². The van der Waals surface area contributed by atoms with Gasteiger partial charge in [-0.3, -0.25) is 9.69 Å². The van der Waals surface area contributed by atoms with E-state index in [0.29, 0.717) is 12.3 Å². The van der Waals surface area contributed by atoms with Gasteiger partial charge in [0.25, 0.3) is 5.91 Å². The van der Waals surface area contributed by atoms with Crippen LogP contribution in [-0.2, 0) is 4.79 Å². The molecule has 0 radical (unpaired) electrons. The summed E-state index contributed by atoms with van der Waals surface area (Å²) >= 11 is 0. The van der Waals surface area contributed by atoms with Crippen LogP contribution in [0.15, 0.2) is 39.9 Å². The molecule has 1 aromatic heterocycles. The van der Waals surface area contributed by atoms with E-state index in [2.05, 4.69) is 27.4 Å². The molecule has 6 heteroatoms. The van der Waals surface area contributed by atoms with Gasteiger partial charge in [-0.05, 0) is 19.2 Å². The van der Waals surface area contributed by atoms with Crippen LogP contribution in [-0.4, -0.2) is 61.7 Å². The summed E-state index contributed by atoms with van der Waals surface area (Å²) in [4.78, 5) is 16.2. The summed E-state index contributed by atoms with van der Waals surface area (Å²) in [6, 6.07) is 9.65. The number of carbonyl (C=O) groups is 1. The molecule has 1 amide bonds. The smallest absolute Gasteiger partial charge is 0.254 e. The average Bonchev–Trinajstić information content (AvgIpc) is 2.92. The molecule has 1 aliphatic rings. The quantitative estimate of drug-likeness (QED) is 0.679. The van der Waals surface area contributed by atoms with E-state index in [1.54, 1.807) is 0 Å². The Balaban J connectivity index is 1.50. The van der Waals surface area contributed by atoms with Gasteiger partial charge in [0.2, 0.25) is 0 Å². The van der Waals surface area contributed by atoms with Crippen LogP contribution in [0, 0.1) is 0 Å². The highest BCUT2D eigenvalue weighted by atomic mass is 16.3. The maximum Gasteiger partial charge on any atom is 0.254 e. The number of para-hydroxylation sites is 1. The molecule has 6 nitrogen and oxygen atoms in total. The van der Waals surface area contributed by atoms with E-state index in [4.69, 9.17) is 4.42 Å². The van der Waals surface area contributed by atoms with Crippen molar-refractivity contribution in [3.8, 4) is 0 Å². The number of fused-ring (bicyclic) bond motifs is 1. The Morgan fingerprint density at radius 2 is 2.09 bits per heavy atom. The molecule has 0 bridgehead atoms. The van der Waals surface area contributed by atoms with Crippen molar-refractivity contribution in [3.05, 3.63) is 36.1 Å². The number of hydrogen-bond donors (Lipinski definition) is 1. The summed E-state index contributed by atoms with van der Waals surface area (Å²) < 4.78 is 5.60. The van der Waals surface area contributed by atoms with Gasteiger partial charge in [0, 0.05) is 31.6 Å². The first-order valence-corrected chi connectivity index (χ1v) is 7.42. The number of hydrogen-bond acceptors (Lipinski definition) is 5. The third-order valence-corrected chi connectivity index (χ3v) is 3.79. The molecule has 0 aliphatic carbocycles. The second-order valence-electron chi connectivity index (χ2n) is 5.56. The minimum Gasteiger partial charge on any atom is -0.455 e. The molecule has 22 heavy (non-hydrogen) atoms. The molecule has 1 aromatic carbocycles. The third kappa shape index (κ3) is 3.72. The second kappa shape index (κ2) is 6.72. The number of benzene rings is 1. The summed E-state index contributed by atoms with van der Waals surface area (Å²) in [5.74, 6) is 0.526. The molecule has 0 atom stereocenters. The molecule has 1 saturated heterocycles. The predicted octanol–water partition coefficient (Wildman–Crippen LogP) is 1.13. The lowest BCUT2D eigenvalue weighted by molar-refractivity contribution is -0.122. The van der Waals surface area contributed by atoms with Crippen LogP contribution >= 0.6 is 0 Å². The highest BCUT2D eigenvalue weighted by Gasteiger charge is 2.16. The number of likely N-dealkylation sites (N-methyl/N-ethyl adjacent to an activating group) is 1. The number of piperazine rings is 1. The molecule has 2 heterocycles. The van der Waals surface area contributed by atoms with Crippen molar-refractivity contribution in [2.75, 3.05) is 39.8 Å². The van der Waals surface area contributed by atoms with Crippen LogP contribution in [0.25, 0.3) is 11.0 Å². The molecule has 116 valence electrons. The van der Waals surface area contributed by atoms with Crippen molar-refractivity contribution in [2.45, 2.75) is 0 Å². The van der Waals surface area contributed by atoms with Gasteiger partial charge < -0.3 is 9.32 Å². The van der Waals surface area contributed by atoms with E-state index in [-0.39, 0.29) is 5.91 Å². The lowest BCUT2D eigenvalue weighted by Crippen LogP contribution is -2.47. The normalized spacial score (nSPS) is 17.3. The van der Waals surface area contributed by atoms with Crippen LogP contribution in [0.2, 0.25) is 0 Å². The zero-order chi connectivity index (χ0) is 15.4. The van der Waals surface area contributed by atoms with Crippen LogP contribution in [0.1, 0.15) is 5.76 Å². The number of nitrogens with one attached hydrogen (secondary N) is 1. The van der Waals surface area contributed by atoms with E-state index in [1.807, 2.05) is 30.3 Å². The highest BCUT2D eigenvalue weighted by molar-refractivity contribution is 5.87. The molecule has 3 rings (SSSR count). The second-order valence-corrected chi connectivity index (χ2v) is 5.56. The summed E-state index contributed by atoms with van der Waals surface area (Å²) in [5, 5.41) is 4.98. The fourth-order valence-electron chi connectivity index (χ4n) is 2.48.